The van der Waals surface area contributed by atoms with Gasteiger partial charge in [0.2, 0.25) is 5.88 Å². The molecule has 0 aliphatic heterocycles. The Bertz CT molecular complexity index is 785. The minimum absolute atomic E-state index is 0.300. The van der Waals surface area contributed by atoms with E-state index >= 15 is 0 Å². The highest BCUT2D eigenvalue weighted by molar-refractivity contribution is 5.78. The van der Waals surface area contributed by atoms with E-state index in [4.69, 9.17) is 4.74 Å². The van der Waals surface area contributed by atoms with E-state index in [9.17, 15) is 13.2 Å². The Morgan fingerprint density at radius 1 is 0.773 bits per heavy atom. The lowest BCUT2D eigenvalue weighted by Gasteiger charge is -2.10. The predicted octanol–water partition coefficient (Wildman–Crippen LogP) is 4.93. The molecule has 1 aromatic heterocycles. The number of halogens is 3. The summed E-state index contributed by atoms with van der Waals surface area (Å²) in [6.07, 6.45) is -4.71. The summed E-state index contributed by atoms with van der Waals surface area (Å²) in [6, 6.07) is 16.2. The highest BCUT2D eigenvalue weighted by atomic mass is 19.4. The molecule has 0 unspecified atom stereocenters. The first-order chi connectivity index (χ1) is 10.5. The lowest BCUT2D eigenvalue weighted by molar-refractivity contribution is -0.274. The Labute approximate surface area is 123 Å². The van der Waals surface area contributed by atoms with Gasteiger partial charge >= 0.3 is 6.36 Å². The average Bonchev–Trinajstić information content (AvgIpc) is 2.48. The summed E-state index contributed by atoms with van der Waals surface area (Å²) in [5.74, 6) is 0.437. The van der Waals surface area contributed by atoms with E-state index in [-0.39, 0.29) is 5.75 Å². The molecule has 0 N–H and O–H groups in total. The van der Waals surface area contributed by atoms with Crippen LogP contribution in [0.5, 0.6) is 17.4 Å². The molecule has 6 heteroatoms. The van der Waals surface area contributed by atoms with Crippen LogP contribution in [-0.4, -0.2) is 11.3 Å². The highest BCUT2D eigenvalue weighted by Crippen LogP contribution is 2.27. The van der Waals surface area contributed by atoms with E-state index in [1.165, 1.54) is 24.3 Å². The van der Waals surface area contributed by atoms with Gasteiger partial charge in [-0.25, -0.2) is 4.98 Å². The summed E-state index contributed by atoms with van der Waals surface area (Å²) in [4.78, 5) is 4.32. The van der Waals surface area contributed by atoms with Crippen LogP contribution in [0.1, 0.15) is 0 Å². The van der Waals surface area contributed by atoms with Gasteiger partial charge in [-0.2, -0.15) is 0 Å². The van der Waals surface area contributed by atoms with Crippen molar-refractivity contribution in [2.75, 3.05) is 0 Å². The van der Waals surface area contributed by atoms with Crippen LogP contribution in [0.4, 0.5) is 13.2 Å². The van der Waals surface area contributed by atoms with Gasteiger partial charge in [0.1, 0.15) is 11.5 Å². The average molecular weight is 305 g/mol. The van der Waals surface area contributed by atoms with Crippen LogP contribution in [0.2, 0.25) is 0 Å². The molecule has 2 aromatic carbocycles. The van der Waals surface area contributed by atoms with Crippen molar-refractivity contribution >= 4 is 10.9 Å². The van der Waals surface area contributed by atoms with Crippen LogP contribution in [0.15, 0.2) is 60.7 Å². The van der Waals surface area contributed by atoms with Crippen molar-refractivity contribution in [2.24, 2.45) is 0 Å². The number of pyridine rings is 1. The minimum Gasteiger partial charge on any atom is -0.439 e. The highest BCUT2D eigenvalue weighted by Gasteiger charge is 2.30. The third-order valence-electron chi connectivity index (χ3n) is 2.85. The van der Waals surface area contributed by atoms with Crippen molar-refractivity contribution in [2.45, 2.75) is 6.36 Å². The maximum Gasteiger partial charge on any atom is 0.573 e. The molecule has 3 aromatic rings. The molecule has 0 spiro atoms. The molecule has 0 saturated heterocycles. The Kier molecular flexibility index (Phi) is 3.58. The molecule has 0 bridgehead atoms. The van der Waals surface area contributed by atoms with Crippen LogP contribution in [-0.2, 0) is 0 Å². The zero-order valence-corrected chi connectivity index (χ0v) is 11.2. The van der Waals surface area contributed by atoms with Crippen molar-refractivity contribution in [3.8, 4) is 17.4 Å². The standard InChI is InChI=1S/C16H10F3NO2/c17-16(18,19)22-13-8-6-12(7-9-13)21-15-10-5-11-3-1-2-4-14(11)20-15/h1-10H. The number of rotatable bonds is 3. The monoisotopic (exact) mass is 305 g/mol. The van der Waals surface area contributed by atoms with E-state index in [2.05, 4.69) is 9.72 Å². The van der Waals surface area contributed by atoms with Gasteiger partial charge in [0.25, 0.3) is 0 Å². The fourth-order valence-corrected chi connectivity index (χ4v) is 1.93. The number of alkyl halides is 3. The van der Waals surface area contributed by atoms with Gasteiger partial charge in [-0.05, 0) is 36.4 Å². The van der Waals surface area contributed by atoms with Crippen LogP contribution < -0.4 is 9.47 Å². The van der Waals surface area contributed by atoms with E-state index in [1.807, 2.05) is 30.3 Å². The Hall–Kier alpha value is -2.76. The van der Waals surface area contributed by atoms with E-state index in [1.54, 1.807) is 6.07 Å². The molecule has 0 atom stereocenters. The van der Waals surface area contributed by atoms with Crippen molar-refractivity contribution in [1.29, 1.82) is 0 Å². The molecular formula is C16H10F3NO2. The molecule has 1 heterocycles. The second-order valence-electron chi connectivity index (χ2n) is 4.46. The van der Waals surface area contributed by atoms with Crippen molar-refractivity contribution in [1.82, 2.24) is 4.98 Å². The lowest BCUT2D eigenvalue weighted by atomic mass is 10.2. The van der Waals surface area contributed by atoms with Crippen LogP contribution in [0.25, 0.3) is 10.9 Å². The van der Waals surface area contributed by atoms with Gasteiger partial charge in [-0.15, -0.1) is 13.2 Å². The summed E-state index contributed by atoms with van der Waals surface area (Å²) in [5.41, 5.74) is 0.775. The molecular weight excluding hydrogens is 295 g/mol. The first-order valence-corrected chi connectivity index (χ1v) is 6.39. The molecule has 3 nitrogen and oxygen atoms in total. The summed E-state index contributed by atoms with van der Waals surface area (Å²) in [7, 11) is 0. The summed E-state index contributed by atoms with van der Waals surface area (Å²) >= 11 is 0. The fraction of sp³-hybridized carbons (Fsp3) is 0.0625. The van der Waals surface area contributed by atoms with Crippen LogP contribution in [0.3, 0.4) is 0 Å². The molecule has 0 radical (unpaired) electrons. The fourth-order valence-electron chi connectivity index (χ4n) is 1.93. The van der Waals surface area contributed by atoms with Gasteiger partial charge < -0.3 is 9.47 Å². The lowest BCUT2D eigenvalue weighted by Crippen LogP contribution is -2.16. The number of nitrogens with zero attached hydrogens (tertiary/aromatic N) is 1. The normalized spacial score (nSPS) is 11.4. The molecule has 0 amide bonds. The largest absolute Gasteiger partial charge is 0.573 e. The summed E-state index contributed by atoms with van der Waals surface area (Å²) in [5, 5.41) is 0.976. The van der Waals surface area contributed by atoms with E-state index in [0.29, 0.717) is 11.6 Å². The zero-order valence-electron chi connectivity index (χ0n) is 11.2. The van der Waals surface area contributed by atoms with Gasteiger partial charge in [-0.3, -0.25) is 0 Å². The molecule has 0 saturated carbocycles. The number of ether oxygens (including phenoxy) is 2. The Morgan fingerprint density at radius 2 is 1.45 bits per heavy atom. The van der Waals surface area contributed by atoms with Gasteiger partial charge in [0.05, 0.1) is 5.52 Å². The zero-order chi connectivity index (χ0) is 15.6. The predicted molar refractivity (Wildman–Crippen MR) is 74.9 cm³/mol. The van der Waals surface area contributed by atoms with Crippen molar-refractivity contribution in [3.05, 3.63) is 60.7 Å². The Morgan fingerprint density at radius 3 is 2.18 bits per heavy atom. The third-order valence-corrected chi connectivity index (χ3v) is 2.85. The molecule has 22 heavy (non-hydrogen) atoms. The number of aromatic nitrogens is 1. The molecule has 0 aliphatic carbocycles. The maximum absolute atomic E-state index is 12.1. The second-order valence-corrected chi connectivity index (χ2v) is 4.46. The first kappa shape index (κ1) is 14.2. The van der Waals surface area contributed by atoms with E-state index in [0.717, 1.165) is 10.9 Å². The minimum atomic E-state index is -4.71. The Balaban J connectivity index is 1.77. The summed E-state index contributed by atoms with van der Waals surface area (Å²) < 4.78 is 45.5. The van der Waals surface area contributed by atoms with Gasteiger partial charge in [-0.1, -0.05) is 18.2 Å². The topological polar surface area (TPSA) is 31.4 Å². The SMILES string of the molecule is FC(F)(F)Oc1ccc(Oc2ccc3ccccc3n2)cc1. The molecule has 0 fully saturated rings. The number of para-hydroxylation sites is 1. The first-order valence-electron chi connectivity index (χ1n) is 6.39. The van der Waals surface area contributed by atoms with Crippen LogP contribution >= 0.6 is 0 Å². The van der Waals surface area contributed by atoms with Gasteiger partial charge in [0, 0.05) is 11.5 Å². The summed E-state index contributed by atoms with van der Waals surface area (Å²) in [6.45, 7) is 0. The van der Waals surface area contributed by atoms with E-state index < -0.39 is 6.36 Å². The smallest absolute Gasteiger partial charge is 0.439 e. The van der Waals surface area contributed by atoms with Crippen molar-refractivity contribution in [3.63, 3.8) is 0 Å². The number of hydrogen-bond donors (Lipinski definition) is 0. The third kappa shape index (κ3) is 3.46. The molecule has 0 aliphatic rings. The number of hydrogen-bond acceptors (Lipinski definition) is 3. The van der Waals surface area contributed by atoms with Crippen molar-refractivity contribution < 1.29 is 22.6 Å². The molecule has 112 valence electrons. The second kappa shape index (κ2) is 5.55. The van der Waals surface area contributed by atoms with Gasteiger partial charge in [0.15, 0.2) is 0 Å². The maximum atomic E-state index is 12.1. The molecule has 3 rings (SSSR count). The number of fused-ring (bicyclic) bond motifs is 1. The number of benzene rings is 2. The van der Waals surface area contributed by atoms with Crippen LogP contribution in [0, 0.1) is 0 Å². The quantitative estimate of drug-likeness (QED) is 0.688.